The van der Waals surface area contributed by atoms with E-state index in [-0.39, 0.29) is 0 Å². The predicted molar refractivity (Wildman–Crippen MR) is 72.3 cm³/mol. The highest BCUT2D eigenvalue weighted by Crippen LogP contribution is 2.31. The van der Waals surface area contributed by atoms with E-state index in [1.54, 1.807) is 11.8 Å². The molecule has 2 aromatic rings. The summed E-state index contributed by atoms with van der Waals surface area (Å²) >= 11 is 1.71. The Bertz CT molecular complexity index is 471. The molecule has 0 radical (unpaired) electrons. The van der Waals surface area contributed by atoms with Crippen molar-refractivity contribution in [3.8, 4) is 0 Å². The summed E-state index contributed by atoms with van der Waals surface area (Å²) in [6.45, 7) is 2.16. The molecule has 0 fully saturated rings. The fourth-order valence-corrected chi connectivity index (χ4v) is 2.60. The highest BCUT2D eigenvalue weighted by atomic mass is 32.2. The van der Waals surface area contributed by atoms with Crippen LogP contribution < -0.4 is 5.32 Å². The second kappa shape index (κ2) is 5.84. The number of aromatic nitrogens is 1. The summed E-state index contributed by atoms with van der Waals surface area (Å²) in [5, 5.41) is 4.30. The molecule has 3 heteroatoms. The topological polar surface area (TPSA) is 24.9 Å². The van der Waals surface area contributed by atoms with Crippen molar-refractivity contribution >= 4 is 11.8 Å². The van der Waals surface area contributed by atoms with Crippen molar-refractivity contribution in [3.63, 3.8) is 0 Å². The zero-order valence-corrected chi connectivity index (χ0v) is 10.9. The van der Waals surface area contributed by atoms with Crippen molar-refractivity contribution in [2.45, 2.75) is 22.9 Å². The third-order valence-corrected chi connectivity index (χ3v) is 3.71. The number of rotatable bonds is 4. The molecule has 0 saturated heterocycles. The Morgan fingerprint density at radius 3 is 2.59 bits per heavy atom. The van der Waals surface area contributed by atoms with E-state index < -0.39 is 0 Å². The highest BCUT2D eigenvalue weighted by molar-refractivity contribution is 7.99. The van der Waals surface area contributed by atoms with Crippen LogP contribution in [0.4, 0.5) is 0 Å². The van der Waals surface area contributed by atoms with Crippen LogP contribution in [0.2, 0.25) is 0 Å². The Morgan fingerprint density at radius 1 is 1.12 bits per heavy atom. The lowest BCUT2D eigenvalue weighted by Crippen LogP contribution is -2.13. The molecule has 0 aliphatic carbocycles. The molecule has 2 rings (SSSR count). The van der Waals surface area contributed by atoms with Gasteiger partial charge in [0.2, 0.25) is 0 Å². The molecule has 0 spiro atoms. The van der Waals surface area contributed by atoms with Gasteiger partial charge in [0.15, 0.2) is 0 Å². The molecule has 1 aromatic carbocycles. The average Bonchev–Trinajstić information content (AvgIpc) is 2.40. The van der Waals surface area contributed by atoms with E-state index in [0.29, 0.717) is 6.04 Å². The molecule has 0 aliphatic rings. The third kappa shape index (κ3) is 3.08. The first kappa shape index (κ1) is 12.1. The first-order chi connectivity index (χ1) is 8.31. The molecule has 88 valence electrons. The molecule has 1 N–H and O–H groups in total. The first-order valence-electron chi connectivity index (χ1n) is 5.66. The quantitative estimate of drug-likeness (QED) is 0.891. The van der Waals surface area contributed by atoms with Gasteiger partial charge in [-0.25, -0.2) is 4.98 Å². The smallest absolute Gasteiger partial charge is 0.101 e. The molecule has 2 nitrogen and oxygen atoms in total. The fourth-order valence-electron chi connectivity index (χ4n) is 1.61. The van der Waals surface area contributed by atoms with Crippen LogP contribution in [0.25, 0.3) is 0 Å². The lowest BCUT2D eigenvalue weighted by atomic mass is 10.1. The van der Waals surface area contributed by atoms with Crippen LogP contribution in [0.3, 0.4) is 0 Å². The van der Waals surface area contributed by atoms with Crippen molar-refractivity contribution in [2.24, 2.45) is 0 Å². The van der Waals surface area contributed by atoms with Gasteiger partial charge in [-0.2, -0.15) is 0 Å². The number of nitrogens with zero attached hydrogens (tertiary/aromatic N) is 1. The molecule has 0 aliphatic heterocycles. The molecule has 1 unspecified atom stereocenters. The molecule has 0 bridgehead atoms. The lowest BCUT2D eigenvalue weighted by molar-refractivity contribution is 0.641. The van der Waals surface area contributed by atoms with Gasteiger partial charge < -0.3 is 5.32 Å². The Balaban J connectivity index is 2.27. The molecule has 0 amide bonds. The SMILES string of the molecule is CNC(C)c1ccccc1Sc1ccccn1. The minimum Gasteiger partial charge on any atom is -0.313 e. The van der Waals surface area contributed by atoms with Crippen molar-refractivity contribution in [1.29, 1.82) is 0 Å². The van der Waals surface area contributed by atoms with Crippen LogP contribution in [0.15, 0.2) is 58.6 Å². The van der Waals surface area contributed by atoms with Crippen LogP contribution in [0.1, 0.15) is 18.5 Å². The molecule has 17 heavy (non-hydrogen) atoms. The summed E-state index contributed by atoms with van der Waals surface area (Å²) in [6.07, 6.45) is 1.83. The van der Waals surface area contributed by atoms with E-state index in [2.05, 4.69) is 41.5 Å². The zero-order valence-electron chi connectivity index (χ0n) is 10.1. The van der Waals surface area contributed by atoms with Gasteiger partial charge in [0, 0.05) is 17.1 Å². The van der Waals surface area contributed by atoms with E-state index in [1.165, 1.54) is 10.5 Å². The maximum absolute atomic E-state index is 4.34. The molecule has 1 heterocycles. The Hall–Kier alpha value is -1.32. The highest BCUT2D eigenvalue weighted by Gasteiger charge is 2.09. The summed E-state index contributed by atoms with van der Waals surface area (Å²) in [4.78, 5) is 5.60. The second-order valence-electron chi connectivity index (χ2n) is 3.82. The maximum atomic E-state index is 4.34. The van der Waals surface area contributed by atoms with Crippen LogP contribution >= 0.6 is 11.8 Å². The lowest BCUT2D eigenvalue weighted by Gasteiger charge is -2.14. The van der Waals surface area contributed by atoms with Gasteiger partial charge in [0.1, 0.15) is 5.03 Å². The van der Waals surface area contributed by atoms with Crippen molar-refractivity contribution in [3.05, 3.63) is 54.2 Å². The van der Waals surface area contributed by atoms with Gasteiger partial charge in [-0.3, -0.25) is 0 Å². The standard InChI is InChI=1S/C14H16N2S/c1-11(15-2)12-7-3-4-8-13(12)17-14-9-5-6-10-16-14/h3-11,15H,1-2H3. The van der Waals surface area contributed by atoms with E-state index >= 15 is 0 Å². The minimum absolute atomic E-state index is 0.349. The predicted octanol–water partition coefficient (Wildman–Crippen LogP) is 3.51. The van der Waals surface area contributed by atoms with Gasteiger partial charge in [-0.05, 0) is 37.7 Å². The summed E-state index contributed by atoms with van der Waals surface area (Å²) in [6, 6.07) is 14.8. The van der Waals surface area contributed by atoms with Gasteiger partial charge >= 0.3 is 0 Å². The van der Waals surface area contributed by atoms with Crippen molar-refractivity contribution < 1.29 is 0 Å². The van der Waals surface area contributed by atoms with Crippen molar-refractivity contribution in [1.82, 2.24) is 10.3 Å². The van der Waals surface area contributed by atoms with E-state index in [0.717, 1.165) is 5.03 Å². The summed E-state index contributed by atoms with van der Waals surface area (Å²) in [7, 11) is 1.98. The maximum Gasteiger partial charge on any atom is 0.101 e. The Morgan fingerprint density at radius 2 is 1.88 bits per heavy atom. The normalized spacial score (nSPS) is 12.4. The van der Waals surface area contributed by atoms with Crippen molar-refractivity contribution in [2.75, 3.05) is 7.05 Å². The Labute approximate surface area is 106 Å². The number of nitrogens with one attached hydrogen (secondary N) is 1. The van der Waals surface area contributed by atoms with E-state index in [9.17, 15) is 0 Å². The zero-order chi connectivity index (χ0) is 12.1. The summed E-state index contributed by atoms with van der Waals surface area (Å²) in [5.74, 6) is 0. The van der Waals surface area contributed by atoms with E-state index in [4.69, 9.17) is 0 Å². The third-order valence-electron chi connectivity index (χ3n) is 2.67. The van der Waals surface area contributed by atoms with Crippen LogP contribution in [0.5, 0.6) is 0 Å². The number of hydrogen-bond acceptors (Lipinski definition) is 3. The number of hydrogen-bond donors (Lipinski definition) is 1. The largest absolute Gasteiger partial charge is 0.313 e. The van der Waals surface area contributed by atoms with Gasteiger partial charge in [-0.1, -0.05) is 36.0 Å². The van der Waals surface area contributed by atoms with Crippen LogP contribution in [-0.4, -0.2) is 12.0 Å². The fraction of sp³-hybridized carbons (Fsp3) is 0.214. The van der Waals surface area contributed by atoms with Gasteiger partial charge in [0.05, 0.1) is 0 Å². The van der Waals surface area contributed by atoms with Crippen LogP contribution in [0, 0.1) is 0 Å². The summed E-state index contributed by atoms with van der Waals surface area (Å²) < 4.78 is 0. The molecular weight excluding hydrogens is 228 g/mol. The van der Waals surface area contributed by atoms with E-state index in [1.807, 2.05) is 31.4 Å². The minimum atomic E-state index is 0.349. The molecular formula is C14H16N2S. The first-order valence-corrected chi connectivity index (χ1v) is 6.48. The van der Waals surface area contributed by atoms with Gasteiger partial charge in [-0.15, -0.1) is 0 Å². The van der Waals surface area contributed by atoms with Crippen LogP contribution in [-0.2, 0) is 0 Å². The monoisotopic (exact) mass is 244 g/mol. The average molecular weight is 244 g/mol. The molecule has 1 aromatic heterocycles. The molecule has 0 saturated carbocycles. The van der Waals surface area contributed by atoms with Gasteiger partial charge in [0.25, 0.3) is 0 Å². The number of pyridine rings is 1. The molecule has 1 atom stereocenters. The summed E-state index contributed by atoms with van der Waals surface area (Å²) in [5.41, 5.74) is 1.31. The number of benzene rings is 1. The Kier molecular flexibility index (Phi) is 4.18. The second-order valence-corrected chi connectivity index (χ2v) is 4.88.